The number of hydrogen-bond donors (Lipinski definition) is 2. The normalized spacial score (nSPS) is 18.3. The molecule has 2 aromatic rings. The second-order valence-corrected chi connectivity index (χ2v) is 6.79. The van der Waals surface area contributed by atoms with Crippen molar-refractivity contribution in [3.63, 3.8) is 0 Å². The van der Waals surface area contributed by atoms with Gasteiger partial charge in [-0.2, -0.15) is 0 Å². The highest BCUT2D eigenvalue weighted by Crippen LogP contribution is 2.43. The molecule has 0 radical (unpaired) electrons. The number of hydrogen-bond acceptors (Lipinski definition) is 3. The lowest BCUT2D eigenvalue weighted by molar-refractivity contribution is -0.119. The molecule has 1 aliphatic heterocycles. The molecular weight excluding hydrogens is 298 g/mol. The van der Waals surface area contributed by atoms with E-state index in [1.807, 2.05) is 0 Å². The van der Waals surface area contributed by atoms with Crippen LogP contribution in [0.2, 0.25) is 0 Å². The number of amides is 1. The Balaban J connectivity index is 1.50. The number of carbonyl (C=O) groups is 1. The summed E-state index contributed by atoms with van der Waals surface area (Å²) in [6.45, 7) is 2.23. The van der Waals surface area contributed by atoms with Crippen LogP contribution >= 0.6 is 0 Å². The number of piperidine rings is 1. The Bertz CT molecular complexity index is 705. The number of primary amides is 1. The minimum atomic E-state index is -0.236. The van der Waals surface area contributed by atoms with Crippen LogP contribution < -0.4 is 11.1 Å². The Kier molecular flexibility index (Phi) is 4.08. The van der Waals surface area contributed by atoms with E-state index in [0.29, 0.717) is 12.6 Å². The minimum Gasteiger partial charge on any atom is -0.369 e. The van der Waals surface area contributed by atoms with E-state index in [1.165, 1.54) is 22.3 Å². The molecule has 0 aromatic heterocycles. The highest BCUT2D eigenvalue weighted by atomic mass is 16.1. The highest BCUT2D eigenvalue weighted by molar-refractivity contribution is 5.78. The molecule has 3 N–H and O–H groups in total. The monoisotopic (exact) mass is 321 g/mol. The van der Waals surface area contributed by atoms with E-state index in [-0.39, 0.29) is 11.9 Å². The van der Waals surface area contributed by atoms with E-state index in [4.69, 9.17) is 5.73 Å². The van der Waals surface area contributed by atoms with Crippen molar-refractivity contribution in [1.82, 2.24) is 10.2 Å². The van der Waals surface area contributed by atoms with Gasteiger partial charge in [-0.05, 0) is 35.1 Å². The van der Waals surface area contributed by atoms with Crippen LogP contribution in [0.3, 0.4) is 0 Å². The van der Waals surface area contributed by atoms with Crippen LogP contribution in [0.1, 0.15) is 30.0 Å². The molecule has 1 saturated heterocycles. The van der Waals surface area contributed by atoms with Gasteiger partial charge in [0.2, 0.25) is 5.91 Å². The Morgan fingerprint density at radius 3 is 2.08 bits per heavy atom. The quantitative estimate of drug-likeness (QED) is 0.908. The van der Waals surface area contributed by atoms with Crippen LogP contribution in [0.4, 0.5) is 0 Å². The second kappa shape index (κ2) is 6.38. The van der Waals surface area contributed by atoms with Gasteiger partial charge in [-0.25, -0.2) is 0 Å². The lowest BCUT2D eigenvalue weighted by Gasteiger charge is -2.33. The van der Waals surface area contributed by atoms with E-state index in [0.717, 1.165) is 25.9 Å². The van der Waals surface area contributed by atoms with Gasteiger partial charge in [-0.15, -0.1) is 0 Å². The first-order valence-corrected chi connectivity index (χ1v) is 8.67. The van der Waals surface area contributed by atoms with Gasteiger partial charge in [0.15, 0.2) is 0 Å². The number of fused-ring (bicyclic) bond motifs is 3. The van der Waals surface area contributed by atoms with Crippen molar-refractivity contribution in [3.8, 4) is 11.1 Å². The van der Waals surface area contributed by atoms with Crippen molar-refractivity contribution in [2.75, 3.05) is 19.6 Å². The summed E-state index contributed by atoms with van der Waals surface area (Å²) in [5, 5.41) is 3.86. The van der Waals surface area contributed by atoms with E-state index >= 15 is 0 Å². The molecule has 2 aliphatic rings. The molecule has 1 amide bonds. The van der Waals surface area contributed by atoms with Crippen molar-refractivity contribution < 1.29 is 4.79 Å². The lowest BCUT2D eigenvalue weighted by atomic mass is 9.99. The molecule has 4 heteroatoms. The Labute approximate surface area is 142 Å². The molecule has 1 heterocycles. The lowest BCUT2D eigenvalue weighted by Crippen LogP contribution is -2.46. The molecule has 0 bridgehead atoms. The number of rotatable bonds is 4. The van der Waals surface area contributed by atoms with Crippen molar-refractivity contribution in [3.05, 3.63) is 59.7 Å². The van der Waals surface area contributed by atoms with E-state index < -0.39 is 0 Å². The smallest absolute Gasteiger partial charge is 0.231 e. The number of carbonyl (C=O) groups excluding carboxylic acids is 1. The summed E-state index contributed by atoms with van der Waals surface area (Å²) in [6, 6.07) is 18.1. The summed E-state index contributed by atoms with van der Waals surface area (Å²) in [5.74, 6) is -0.236. The largest absolute Gasteiger partial charge is 0.369 e. The zero-order valence-electron chi connectivity index (χ0n) is 13.7. The summed E-state index contributed by atoms with van der Waals surface area (Å²) in [5.41, 5.74) is 10.7. The first kappa shape index (κ1) is 15.4. The van der Waals surface area contributed by atoms with E-state index in [2.05, 4.69) is 58.7 Å². The second-order valence-electron chi connectivity index (χ2n) is 6.79. The summed E-state index contributed by atoms with van der Waals surface area (Å²) >= 11 is 0. The Morgan fingerprint density at radius 1 is 1.00 bits per heavy atom. The van der Waals surface area contributed by atoms with E-state index in [1.54, 1.807) is 0 Å². The molecule has 2 aromatic carbocycles. The van der Waals surface area contributed by atoms with Gasteiger partial charge in [0.25, 0.3) is 0 Å². The van der Waals surface area contributed by atoms with E-state index in [9.17, 15) is 4.79 Å². The fraction of sp³-hybridized carbons (Fsp3) is 0.350. The first-order valence-electron chi connectivity index (χ1n) is 8.67. The molecule has 0 unspecified atom stereocenters. The first-order chi connectivity index (χ1) is 11.7. The molecule has 1 fully saturated rings. The molecule has 124 valence electrons. The van der Waals surface area contributed by atoms with Gasteiger partial charge in [0.05, 0.1) is 12.6 Å². The van der Waals surface area contributed by atoms with Crippen LogP contribution in [-0.2, 0) is 4.79 Å². The van der Waals surface area contributed by atoms with Gasteiger partial charge in [0, 0.05) is 19.1 Å². The Morgan fingerprint density at radius 2 is 1.54 bits per heavy atom. The number of nitrogens with one attached hydrogen (secondary N) is 1. The molecule has 1 aliphatic carbocycles. The van der Waals surface area contributed by atoms with Crippen molar-refractivity contribution in [2.24, 2.45) is 5.73 Å². The summed E-state index contributed by atoms with van der Waals surface area (Å²) in [7, 11) is 0. The van der Waals surface area contributed by atoms with Crippen LogP contribution in [0.15, 0.2) is 48.5 Å². The van der Waals surface area contributed by atoms with Crippen LogP contribution in [0, 0.1) is 0 Å². The molecular formula is C20H23N3O. The number of nitrogens with zero attached hydrogens (tertiary/aromatic N) is 1. The molecule has 24 heavy (non-hydrogen) atoms. The van der Waals surface area contributed by atoms with Crippen molar-refractivity contribution in [2.45, 2.75) is 24.9 Å². The summed E-state index contributed by atoms with van der Waals surface area (Å²) < 4.78 is 0. The van der Waals surface area contributed by atoms with Crippen molar-refractivity contribution >= 4 is 5.91 Å². The third-order valence-electron chi connectivity index (χ3n) is 5.20. The summed E-state index contributed by atoms with van der Waals surface area (Å²) in [6.07, 6.45) is 2.10. The molecule has 4 rings (SSSR count). The Hall–Kier alpha value is -2.17. The predicted molar refractivity (Wildman–Crippen MR) is 95.5 cm³/mol. The highest BCUT2D eigenvalue weighted by Gasteiger charge is 2.30. The van der Waals surface area contributed by atoms with Crippen LogP contribution in [0.25, 0.3) is 11.1 Å². The van der Waals surface area contributed by atoms with Crippen LogP contribution in [-0.4, -0.2) is 36.5 Å². The SMILES string of the molecule is NC(=O)CN1CCC(NC2c3ccccc3-c3ccccc32)CC1. The third kappa shape index (κ3) is 2.83. The molecule has 0 saturated carbocycles. The van der Waals surface area contributed by atoms with Gasteiger partial charge < -0.3 is 11.1 Å². The average Bonchev–Trinajstić information content (AvgIpc) is 2.91. The third-order valence-corrected chi connectivity index (χ3v) is 5.20. The maximum Gasteiger partial charge on any atom is 0.231 e. The number of likely N-dealkylation sites (tertiary alicyclic amines) is 1. The minimum absolute atomic E-state index is 0.236. The zero-order chi connectivity index (χ0) is 16.5. The van der Waals surface area contributed by atoms with Gasteiger partial charge in [0.1, 0.15) is 0 Å². The molecule has 0 atom stereocenters. The number of benzene rings is 2. The van der Waals surface area contributed by atoms with Gasteiger partial charge in [-0.3, -0.25) is 9.69 Å². The predicted octanol–water partition coefficient (Wildman–Crippen LogP) is 2.30. The fourth-order valence-electron chi connectivity index (χ4n) is 4.05. The topological polar surface area (TPSA) is 58.4 Å². The van der Waals surface area contributed by atoms with Crippen molar-refractivity contribution in [1.29, 1.82) is 0 Å². The fourth-order valence-corrected chi connectivity index (χ4v) is 4.05. The zero-order valence-corrected chi connectivity index (χ0v) is 13.7. The summed E-state index contributed by atoms with van der Waals surface area (Å²) in [4.78, 5) is 13.2. The van der Waals surface area contributed by atoms with Crippen LogP contribution in [0.5, 0.6) is 0 Å². The maximum atomic E-state index is 11.1. The molecule has 0 spiro atoms. The average molecular weight is 321 g/mol. The van der Waals surface area contributed by atoms with Gasteiger partial charge >= 0.3 is 0 Å². The number of nitrogens with two attached hydrogens (primary N) is 1. The maximum absolute atomic E-state index is 11.1. The van der Waals surface area contributed by atoms with Gasteiger partial charge in [-0.1, -0.05) is 48.5 Å². The molecule has 4 nitrogen and oxygen atoms in total. The standard InChI is InChI=1S/C20H23N3O/c21-19(24)13-23-11-9-14(10-12-23)22-20-17-7-3-1-5-15(17)16-6-2-4-8-18(16)20/h1-8,14,20,22H,9-13H2,(H2,21,24).